The molecule has 3 rings (SSSR count). The van der Waals surface area contributed by atoms with Crippen LogP contribution in [0.15, 0.2) is 42.6 Å². The quantitative estimate of drug-likeness (QED) is 0.576. The zero-order chi connectivity index (χ0) is 15.7. The molecule has 2 aromatic carbocycles. The summed E-state index contributed by atoms with van der Waals surface area (Å²) >= 11 is 24.4. The van der Waals surface area contributed by atoms with E-state index in [2.05, 4.69) is 9.97 Å². The summed E-state index contributed by atoms with van der Waals surface area (Å²) < 4.78 is 0. The van der Waals surface area contributed by atoms with E-state index in [9.17, 15) is 0 Å². The Kier molecular flexibility index (Phi) is 4.65. The molecule has 0 radical (unpaired) electrons. The highest BCUT2D eigenvalue weighted by Gasteiger charge is 2.11. The molecule has 0 fully saturated rings. The molecule has 0 aliphatic rings. The number of H-pyrrole nitrogens is 1. The fourth-order valence-electron chi connectivity index (χ4n) is 2.16. The number of aromatic amines is 1. The number of hydrogen-bond acceptors (Lipinski definition) is 1. The molecule has 0 aliphatic heterocycles. The number of benzene rings is 2. The van der Waals surface area contributed by atoms with E-state index in [1.54, 1.807) is 30.5 Å². The van der Waals surface area contributed by atoms with Crippen LogP contribution < -0.4 is 0 Å². The van der Waals surface area contributed by atoms with Gasteiger partial charge in [0.1, 0.15) is 5.82 Å². The number of hydrogen-bond donors (Lipinski definition) is 1. The minimum absolute atomic E-state index is 0.531. The van der Waals surface area contributed by atoms with E-state index in [0.29, 0.717) is 26.5 Å². The minimum Gasteiger partial charge on any atom is -0.342 e. The molecule has 0 saturated heterocycles. The number of rotatable bonds is 3. The molecular weight excluding hydrogens is 362 g/mol. The average Bonchev–Trinajstić information content (AvgIpc) is 2.95. The van der Waals surface area contributed by atoms with Crippen molar-refractivity contribution in [3.8, 4) is 11.3 Å². The van der Waals surface area contributed by atoms with Gasteiger partial charge in [-0.15, -0.1) is 0 Å². The summed E-state index contributed by atoms with van der Waals surface area (Å²) in [4.78, 5) is 7.61. The van der Waals surface area contributed by atoms with E-state index in [1.165, 1.54) is 0 Å². The van der Waals surface area contributed by atoms with Gasteiger partial charge in [-0.1, -0.05) is 58.5 Å². The van der Waals surface area contributed by atoms with Crippen LogP contribution in [0, 0.1) is 0 Å². The van der Waals surface area contributed by atoms with Gasteiger partial charge in [0.15, 0.2) is 0 Å². The molecule has 0 unspecified atom stereocenters. The fourth-order valence-corrected chi connectivity index (χ4v) is 2.94. The lowest BCUT2D eigenvalue weighted by Crippen LogP contribution is -1.92. The predicted octanol–water partition coefficient (Wildman–Crippen LogP) is 6.28. The lowest BCUT2D eigenvalue weighted by molar-refractivity contribution is 1.03. The molecule has 0 atom stereocenters. The minimum atomic E-state index is 0.531. The van der Waals surface area contributed by atoms with Crippen molar-refractivity contribution >= 4 is 46.4 Å². The first kappa shape index (κ1) is 15.7. The molecule has 0 saturated carbocycles. The Morgan fingerprint density at radius 1 is 0.955 bits per heavy atom. The highest BCUT2D eigenvalue weighted by Crippen LogP contribution is 2.30. The van der Waals surface area contributed by atoms with Crippen LogP contribution in [0.5, 0.6) is 0 Å². The van der Waals surface area contributed by atoms with Crippen molar-refractivity contribution in [2.45, 2.75) is 6.42 Å². The maximum absolute atomic E-state index is 6.20. The van der Waals surface area contributed by atoms with Crippen LogP contribution in [0.3, 0.4) is 0 Å². The van der Waals surface area contributed by atoms with Crippen LogP contribution in [0.25, 0.3) is 11.3 Å². The van der Waals surface area contributed by atoms with Crippen molar-refractivity contribution in [1.82, 2.24) is 9.97 Å². The van der Waals surface area contributed by atoms with Crippen LogP contribution >= 0.6 is 46.4 Å². The molecule has 112 valence electrons. The van der Waals surface area contributed by atoms with Crippen LogP contribution in [-0.4, -0.2) is 9.97 Å². The average molecular weight is 372 g/mol. The van der Waals surface area contributed by atoms with Gasteiger partial charge in [-0.3, -0.25) is 0 Å². The first-order valence-corrected chi connectivity index (χ1v) is 7.98. The van der Waals surface area contributed by atoms with E-state index in [-0.39, 0.29) is 0 Å². The number of nitrogens with zero attached hydrogens (tertiary/aromatic N) is 1. The summed E-state index contributed by atoms with van der Waals surface area (Å²) in [5.74, 6) is 0.773. The van der Waals surface area contributed by atoms with Crippen LogP contribution in [0.4, 0.5) is 0 Å². The molecule has 1 aromatic heterocycles. The Bertz CT molecular complexity index is 827. The molecule has 0 bridgehead atoms. The zero-order valence-corrected chi connectivity index (χ0v) is 14.2. The third-order valence-corrected chi connectivity index (χ3v) is 4.66. The van der Waals surface area contributed by atoms with Crippen molar-refractivity contribution in [2.24, 2.45) is 0 Å². The molecule has 1 N–H and O–H groups in total. The first-order valence-electron chi connectivity index (χ1n) is 6.47. The van der Waals surface area contributed by atoms with Crippen LogP contribution in [-0.2, 0) is 6.42 Å². The van der Waals surface area contributed by atoms with E-state index in [1.807, 2.05) is 12.1 Å². The van der Waals surface area contributed by atoms with E-state index in [0.717, 1.165) is 22.6 Å². The fraction of sp³-hybridized carbons (Fsp3) is 0.0625. The standard InChI is InChI=1S/C16H10Cl4N2/c17-10-4-5-12(18)11(7-10)14-8-21-15(22-14)6-9-2-1-3-13(19)16(9)20/h1-5,7-8H,6H2,(H,21,22). The molecule has 2 nitrogen and oxygen atoms in total. The topological polar surface area (TPSA) is 28.7 Å². The van der Waals surface area contributed by atoms with Gasteiger partial charge in [0.25, 0.3) is 0 Å². The Morgan fingerprint density at radius 3 is 2.59 bits per heavy atom. The Balaban J connectivity index is 1.91. The molecule has 0 aliphatic carbocycles. The lowest BCUT2D eigenvalue weighted by atomic mass is 10.1. The van der Waals surface area contributed by atoms with E-state index >= 15 is 0 Å². The van der Waals surface area contributed by atoms with Crippen molar-refractivity contribution in [3.05, 3.63) is 74.1 Å². The first-order chi connectivity index (χ1) is 10.5. The highest BCUT2D eigenvalue weighted by atomic mass is 35.5. The van der Waals surface area contributed by atoms with Crippen molar-refractivity contribution in [3.63, 3.8) is 0 Å². The summed E-state index contributed by atoms with van der Waals surface area (Å²) in [7, 11) is 0. The van der Waals surface area contributed by atoms with Crippen molar-refractivity contribution in [2.75, 3.05) is 0 Å². The van der Waals surface area contributed by atoms with Crippen LogP contribution in [0.1, 0.15) is 11.4 Å². The monoisotopic (exact) mass is 370 g/mol. The van der Waals surface area contributed by atoms with Crippen molar-refractivity contribution < 1.29 is 0 Å². The Morgan fingerprint density at radius 2 is 1.77 bits per heavy atom. The molecule has 6 heteroatoms. The SMILES string of the molecule is Clc1ccc(Cl)c(-c2cnc(Cc3cccc(Cl)c3Cl)[nH]2)c1. The summed E-state index contributed by atoms with van der Waals surface area (Å²) in [6, 6.07) is 10.8. The maximum atomic E-state index is 6.20. The molecular formula is C16H10Cl4N2. The van der Waals surface area contributed by atoms with Gasteiger partial charge in [-0.25, -0.2) is 4.98 Å². The molecule has 3 aromatic rings. The third kappa shape index (κ3) is 3.26. The molecule has 1 heterocycles. The van der Waals surface area contributed by atoms with Gasteiger partial charge in [-0.2, -0.15) is 0 Å². The molecule has 0 amide bonds. The van der Waals surface area contributed by atoms with E-state index in [4.69, 9.17) is 46.4 Å². The van der Waals surface area contributed by atoms with Gasteiger partial charge >= 0.3 is 0 Å². The largest absolute Gasteiger partial charge is 0.342 e. The maximum Gasteiger partial charge on any atom is 0.110 e. The predicted molar refractivity (Wildman–Crippen MR) is 93.3 cm³/mol. The van der Waals surface area contributed by atoms with Gasteiger partial charge in [0, 0.05) is 17.0 Å². The summed E-state index contributed by atoms with van der Waals surface area (Å²) in [6.07, 6.45) is 2.28. The number of nitrogens with one attached hydrogen (secondary N) is 1. The second kappa shape index (κ2) is 6.51. The van der Waals surface area contributed by atoms with E-state index < -0.39 is 0 Å². The normalized spacial score (nSPS) is 10.9. The highest BCUT2D eigenvalue weighted by molar-refractivity contribution is 6.42. The summed E-state index contributed by atoms with van der Waals surface area (Å²) in [6.45, 7) is 0. The molecule has 22 heavy (non-hydrogen) atoms. The van der Waals surface area contributed by atoms with Crippen molar-refractivity contribution in [1.29, 1.82) is 0 Å². The number of aromatic nitrogens is 2. The van der Waals surface area contributed by atoms with Gasteiger partial charge in [0.2, 0.25) is 0 Å². The molecule has 0 spiro atoms. The number of halogens is 4. The number of imidazole rings is 1. The summed E-state index contributed by atoms with van der Waals surface area (Å²) in [5, 5.41) is 2.31. The Labute approximate surface area is 148 Å². The second-order valence-corrected chi connectivity index (χ2v) is 6.39. The lowest BCUT2D eigenvalue weighted by Gasteiger charge is -2.04. The van der Waals surface area contributed by atoms with Gasteiger partial charge in [-0.05, 0) is 29.8 Å². The van der Waals surface area contributed by atoms with Gasteiger partial charge in [0.05, 0.1) is 27.0 Å². The second-order valence-electron chi connectivity index (χ2n) is 4.76. The smallest absolute Gasteiger partial charge is 0.110 e. The van der Waals surface area contributed by atoms with Gasteiger partial charge < -0.3 is 4.98 Å². The zero-order valence-electron chi connectivity index (χ0n) is 11.2. The van der Waals surface area contributed by atoms with Crippen LogP contribution in [0.2, 0.25) is 20.1 Å². The third-order valence-electron chi connectivity index (χ3n) is 3.24. The summed E-state index contributed by atoms with van der Waals surface area (Å²) in [5.41, 5.74) is 2.53. The Hall–Kier alpha value is -1.19.